The van der Waals surface area contributed by atoms with E-state index in [2.05, 4.69) is 10.2 Å². The second-order valence-electron chi connectivity index (χ2n) is 3.88. The summed E-state index contributed by atoms with van der Waals surface area (Å²) < 4.78 is 27.4. The number of sulfone groups is 1. The van der Waals surface area contributed by atoms with Crippen molar-refractivity contribution in [1.82, 2.24) is 10.2 Å². The Labute approximate surface area is 110 Å². The molecule has 0 amide bonds. The third-order valence-corrected chi connectivity index (χ3v) is 3.39. The summed E-state index contributed by atoms with van der Waals surface area (Å²) >= 11 is 6.17. The monoisotopic (exact) mass is 286 g/mol. The van der Waals surface area contributed by atoms with Gasteiger partial charge in [0, 0.05) is 6.26 Å². The van der Waals surface area contributed by atoms with Crippen molar-refractivity contribution >= 4 is 21.4 Å². The Balaban J connectivity index is 2.20. The van der Waals surface area contributed by atoms with Crippen LogP contribution in [-0.4, -0.2) is 24.9 Å². The predicted molar refractivity (Wildman–Crippen MR) is 67.0 cm³/mol. The van der Waals surface area contributed by atoms with E-state index in [1.165, 1.54) is 0 Å². The maximum Gasteiger partial charge on any atom is 0.238 e. The fraction of sp³-hybridized carbons (Fsp3) is 0.273. The standard InChI is InChI=1S/C11H11ClN2O3S/c1-18(15,16)7-9-13-14-11(17-9)10(12)8-5-3-2-4-6-8/h2-6,10H,7H2,1H3. The van der Waals surface area contributed by atoms with Crippen molar-refractivity contribution in [1.29, 1.82) is 0 Å². The van der Waals surface area contributed by atoms with E-state index in [0.29, 0.717) is 0 Å². The zero-order chi connectivity index (χ0) is 13.2. The Morgan fingerprint density at radius 3 is 2.56 bits per heavy atom. The van der Waals surface area contributed by atoms with E-state index in [4.69, 9.17) is 16.0 Å². The number of alkyl halides is 1. The molecule has 5 nitrogen and oxygen atoms in total. The molecule has 1 unspecified atom stereocenters. The van der Waals surface area contributed by atoms with Crippen LogP contribution in [0.4, 0.5) is 0 Å². The van der Waals surface area contributed by atoms with Crippen molar-refractivity contribution in [3.05, 3.63) is 47.7 Å². The van der Waals surface area contributed by atoms with Crippen molar-refractivity contribution in [2.45, 2.75) is 11.1 Å². The Hall–Kier alpha value is -1.40. The van der Waals surface area contributed by atoms with E-state index in [-0.39, 0.29) is 17.5 Å². The molecule has 1 atom stereocenters. The summed E-state index contributed by atoms with van der Waals surface area (Å²) in [6.45, 7) is 0. The highest BCUT2D eigenvalue weighted by atomic mass is 35.5. The van der Waals surface area contributed by atoms with Gasteiger partial charge in [-0.3, -0.25) is 0 Å². The molecular weight excluding hydrogens is 276 g/mol. The van der Waals surface area contributed by atoms with E-state index in [9.17, 15) is 8.42 Å². The number of nitrogens with zero attached hydrogens (tertiary/aromatic N) is 2. The predicted octanol–water partition coefficient (Wildman–Crippen LogP) is 1.94. The maximum atomic E-state index is 11.1. The minimum absolute atomic E-state index is 0.0501. The average Bonchev–Trinajstić information content (AvgIpc) is 2.75. The molecule has 0 saturated heterocycles. The topological polar surface area (TPSA) is 73.1 Å². The van der Waals surface area contributed by atoms with Gasteiger partial charge >= 0.3 is 0 Å². The van der Waals surface area contributed by atoms with Gasteiger partial charge in [-0.2, -0.15) is 0 Å². The first kappa shape index (κ1) is 13.0. The minimum atomic E-state index is -3.19. The Morgan fingerprint density at radius 1 is 1.28 bits per heavy atom. The highest BCUT2D eigenvalue weighted by Crippen LogP contribution is 2.27. The van der Waals surface area contributed by atoms with Crippen LogP contribution < -0.4 is 0 Å². The molecule has 0 aliphatic rings. The molecule has 0 saturated carbocycles. The molecule has 2 aromatic rings. The fourth-order valence-electron chi connectivity index (χ4n) is 1.42. The van der Waals surface area contributed by atoms with Gasteiger partial charge in [0.1, 0.15) is 11.1 Å². The number of hydrogen-bond donors (Lipinski definition) is 0. The molecule has 0 radical (unpaired) electrons. The van der Waals surface area contributed by atoms with E-state index >= 15 is 0 Å². The summed E-state index contributed by atoms with van der Waals surface area (Å²) in [6.07, 6.45) is 1.10. The van der Waals surface area contributed by atoms with Crippen LogP contribution >= 0.6 is 11.6 Å². The van der Waals surface area contributed by atoms with Gasteiger partial charge in [-0.1, -0.05) is 30.3 Å². The van der Waals surface area contributed by atoms with Crippen LogP contribution in [0, 0.1) is 0 Å². The second kappa shape index (κ2) is 5.07. The Bertz CT molecular complexity index is 625. The normalized spacial score (nSPS) is 13.4. The first-order valence-electron chi connectivity index (χ1n) is 5.15. The highest BCUT2D eigenvalue weighted by molar-refractivity contribution is 7.89. The molecule has 0 aliphatic carbocycles. The van der Waals surface area contributed by atoms with Gasteiger partial charge in [0.2, 0.25) is 11.8 Å². The van der Waals surface area contributed by atoms with E-state index in [1.54, 1.807) is 0 Å². The van der Waals surface area contributed by atoms with Crippen LogP contribution in [0.15, 0.2) is 34.7 Å². The van der Waals surface area contributed by atoms with E-state index in [1.807, 2.05) is 30.3 Å². The van der Waals surface area contributed by atoms with Gasteiger partial charge in [0.25, 0.3) is 0 Å². The van der Waals surface area contributed by atoms with E-state index < -0.39 is 15.2 Å². The number of halogens is 1. The van der Waals surface area contributed by atoms with Crippen LogP contribution in [0.25, 0.3) is 0 Å². The Kier molecular flexibility index (Phi) is 3.68. The number of benzene rings is 1. The van der Waals surface area contributed by atoms with Crippen LogP contribution in [-0.2, 0) is 15.6 Å². The van der Waals surface area contributed by atoms with Gasteiger partial charge < -0.3 is 4.42 Å². The fourth-order valence-corrected chi connectivity index (χ4v) is 2.22. The van der Waals surface area contributed by atoms with Gasteiger partial charge in [0.05, 0.1) is 0 Å². The first-order chi connectivity index (χ1) is 8.46. The molecule has 0 spiro atoms. The van der Waals surface area contributed by atoms with E-state index in [0.717, 1.165) is 11.8 Å². The summed E-state index contributed by atoms with van der Waals surface area (Å²) in [6, 6.07) is 9.23. The highest BCUT2D eigenvalue weighted by Gasteiger charge is 2.19. The van der Waals surface area contributed by atoms with Gasteiger partial charge in [-0.25, -0.2) is 8.42 Å². The zero-order valence-corrected chi connectivity index (χ0v) is 11.1. The van der Waals surface area contributed by atoms with Crippen LogP contribution in [0.2, 0.25) is 0 Å². The van der Waals surface area contributed by atoms with Crippen molar-refractivity contribution < 1.29 is 12.8 Å². The van der Waals surface area contributed by atoms with Crippen LogP contribution in [0.3, 0.4) is 0 Å². The lowest BCUT2D eigenvalue weighted by Crippen LogP contribution is -2.00. The Morgan fingerprint density at radius 2 is 1.94 bits per heavy atom. The summed E-state index contributed by atoms with van der Waals surface area (Å²) in [5.41, 5.74) is 0.814. The molecule has 0 fully saturated rings. The van der Waals surface area contributed by atoms with Gasteiger partial charge in [-0.15, -0.1) is 21.8 Å². The summed E-state index contributed by atoms with van der Waals surface area (Å²) in [4.78, 5) is 0. The van der Waals surface area contributed by atoms with Crippen molar-refractivity contribution in [2.24, 2.45) is 0 Å². The third-order valence-electron chi connectivity index (χ3n) is 2.18. The molecule has 1 heterocycles. The number of aromatic nitrogens is 2. The first-order valence-corrected chi connectivity index (χ1v) is 7.64. The van der Waals surface area contributed by atoms with Gasteiger partial charge in [0.15, 0.2) is 9.84 Å². The van der Waals surface area contributed by atoms with Crippen molar-refractivity contribution in [2.75, 3.05) is 6.26 Å². The molecule has 7 heteroatoms. The molecule has 1 aromatic heterocycles. The number of rotatable bonds is 4. The summed E-state index contributed by atoms with van der Waals surface area (Å²) in [7, 11) is -3.19. The number of hydrogen-bond acceptors (Lipinski definition) is 5. The smallest absolute Gasteiger partial charge is 0.238 e. The third kappa shape index (κ3) is 3.30. The minimum Gasteiger partial charge on any atom is -0.422 e. The SMILES string of the molecule is CS(=O)(=O)Cc1nnc(C(Cl)c2ccccc2)o1. The molecule has 2 rings (SSSR count). The van der Waals surface area contributed by atoms with Gasteiger partial charge in [-0.05, 0) is 5.56 Å². The van der Waals surface area contributed by atoms with Crippen LogP contribution in [0.5, 0.6) is 0 Å². The average molecular weight is 287 g/mol. The quantitative estimate of drug-likeness (QED) is 0.803. The lowest BCUT2D eigenvalue weighted by Gasteiger charge is -2.03. The van der Waals surface area contributed by atoms with Crippen LogP contribution in [0.1, 0.15) is 22.7 Å². The molecule has 0 N–H and O–H groups in total. The molecule has 0 bridgehead atoms. The van der Waals surface area contributed by atoms with Crippen molar-refractivity contribution in [3.8, 4) is 0 Å². The zero-order valence-electron chi connectivity index (χ0n) is 9.58. The van der Waals surface area contributed by atoms with Crippen molar-refractivity contribution in [3.63, 3.8) is 0 Å². The second-order valence-corrected chi connectivity index (χ2v) is 6.45. The lowest BCUT2D eigenvalue weighted by atomic mass is 10.1. The molecule has 96 valence electrons. The maximum absolute atomic E-state index is 11.1. The lowest BCUT2D eigenvalue weighted by molar-refractivity contribution is 0.466. The molecule has 18 heavy (non-hydrogen) atoms. The molecular formula is C11H11ClN2O3S. The largest absolute Gasteiger partial charge is 0.422 e. The molecule has 0 aliphatic heterocycles. The summed E-state index contributed by atoms with van der Waals surface area (Å²) in [5.74, 6) is -0.0334. The molecule has 1 aromatic carbocycles. The summed E-state index contributed by atoms with van der Waals surface area (Å²) in [5, 5.41) is 6.85.